The van der Waals surface area contributed by atoms with Gasteiger partial charge in [-0.2, -0.15) is 0 Å². The molecule has 134 valence electrons. The van der Waals surface area contributed by atoms with Crippen LogP contribution in [0.2, 0.25) is 5.02 Å². The Bertz CT molecular complexity index is 890. The van der Waals surface area contributed by atoms with E-state index in [-0.39, 0.29) is 23.8 Å². The zero-order valence-corrected chi connectivity index (χ0v) is 15.5. The summed E-state index contributed by atoms with van der Waals surface area (Å²) in [5.41, 5.74) is 1.71. The van der Waals surface area contributed by atoms with Crippen molar-refractivity contribution in [1.82, 2.24) is 10.3 Å². The summed E-state index contributed by atoms with van der Waals surface area (Å²) < 4.78 is 0. The second-order valence-corrected chi connectivity index (χ2v) is 7.78. The highest BCUT2D eigenvalue weighted by Crippen LogP contribution is 2.50. The SMILES string of the molecule is CC(C)c1ccncc1N1C(=O)NC2(CC(c3ccccc3Cl)C2)C1=O. The molecular formula is C20H20ClN3O2. The number of aromatic nitrogens is 1. The van der Waals surface area contributed by atoms with Gasteiger partial charge in [0.15, 0.2) is 0 Å². The molecule has 2 fully saturated rings. The van der Waals surface area contributed by atoms with Crippen LogP contribution in [0, 0.1) is 0 Å². The van der Waals surface area contributed by atoms with Gasteiger partial charge in [0.05, 0.1) is 11.9 Å². The first-order valence-corrected chi connectivity index (χ1v) is 9.16. The number of benzene rings is 1. The Morgan fingerprint density at radius 2 is 1.96 bits per heavy atom. The molecule has 2 heterocycles. The van der Waals surface area contributed by atoms with Gasteiger partial charge in [0.1, 0.15) is 5.54 Å². The molecule has 2 aliphatic rings. The van der Waals surface area contributed by atoms with Crippen molar-refractivity contribution in [2.45, 2.75) is 44.1 Å². The van der Waals surface area contributed by atoms with Gasteiger partial charge < -0.3 is 5.32 Å². The number of pyridine rings is 1. The van der Waals surface area contributed by atoms with E-state index in [4.69, 9.17) is 11.6 Å². The molecule has 1 saturated heterocycles. The average molecular weight is 370 g/mol. The predicted octanol–water partition coefficient (Wildman–Crippen LogP) is 4.23. The van der Waals surface area contributed by atoms with Gasteiger partial charge in [0.2, 0.25) is 0 Å². The van der Waals surface area contributed by atoms with Gasteiger partial charge in [0.25, 0.3) is 5.91 Å². The van der Waals surface area contributed by atoms with Gasteiger partial charge in [-0.1, -0.05) is 43.6 Å². The number of rotatable bonds is 3. The van der Waals surface area contributed by atoms with Crippen LogP contribution in [-0.4, -0.2) is 22.5 Å². The third-order valence-corrected chi connectivity index (χ3v) is 5.74. The summed E-state index contributed by atoms with van der Waals surface area (Å²) in [4.78, 5) is 31.1. The van der Waals surface area contributed by atoms with Crippen molar-refractivity contribution < 1.29 is 9.59 Å². The number of nitrogens with zero attached hydrogens (tertiary/aromatic N) is 2. The molecule has 1 aliphatic carbocycles. The third-order valence-electron chi connectivity index (χ3n) is 5.39. The number of nitrogens with one attached hydrogen (secondary N) is 1. The number of carbonyl (C=O) groups excluding carboxylic acids is 2. The van der Waals surface area contributed by atoms with E-state index in [1.54, 1.807) is 12.4 Å². The number of imide groups is 1. The number of halogens is 1. The van der Waals surface area contributed by atoms with Crippen molar-refractivity contribution in [2.75, 3.05) is 4.90 Å². The fourth-order valence-electron chi connectivity index (χ4n) is 4.00. The Hall–Kier alpha value is -2.40. The first-order chi connectivity index (χ1) is 12.4. The number of urea groups is 1. The molecule has 26 heavy (non-hydrogen) atoms. The Balaban J connectivity index is 1.61. The molecule has 2 aromatic rings. The fraction of sp³-hybridized carbons (Fsp3) is 0.350. The Labute approximate surface area is 157 Å². The molecule has 1 saturated carbocycles. The lowest BCUT2D eigenvalue weighted by atomic mass is 9.65. The molecular weight excluding hydrogens is 350 g/mol. The molecule has 3 amide bonds. The fourth-order valence-corrected chi connectivity index (χ4v) is 4.29. The Kier molecular flexibility index (Phi) is 3.99. The smallest absolute Gasteiger partial charge is 0.323 e. The summed E-state index contributed by atoms with van der Waals surface area (Å²) in [7, 11) is 0. The van der Waals surface area contributed by atoms with Crippen LogP contribution in [0.1, 0.15) is 49.7 Å². The number of amides is 3. The molecule has 4 rings (SSSR count). The Morgan fingerprint density at radius 1 is 1.23 bits per heavy atom. The number of carbonyl (C=O) groups is 2. The van der Waals surface area contributed by atoms with Crippen molar-refractivity contribution in [1.29, 1.82) is 0 Å². The third kappa shape index (κ3) is 2.50. The maximum atomic E-state index is 13.1. The van der Waals surface area contributed by atoms with E-state index in [1.165, 1.54) is 4.90 Å². The van der Waals surface area contributed by atoms with Crippen LogP contribution < -0.4 is 10.2 Å². The molecule has 0 bridgehead atoms. The maximum Gasteiger partial charge on any atom is 0.329 e. The molecule has 1 aromatic heterocycles. The molecule has 1 N–H and O–H groups in total. The summed E-state index contributed by atoms with van der Waals surface area (Å²) >= 11 is 6.28. The van der Waals surface area contributed by atoms with E-state index in [1.807, 2.05) is 44.2 Å². The molecule has 0 atom stereocenters. The molecule has 6 heteroatoms. The summed E-state index contributed by atoms with van der Waals surface area (Å²) in [6.45, 7) is 4.06. The van der Waals surface area contributed by atoms with E-state index >= 15 is 0 Å². The topological polar surface area (TPSA) is 62.3 Å². The first-order valence-electron chi connectivity index (χ1n) is 8.78. The highest BCUT2D eigenvalue weighted by molar-refractivity contribution is 6.31. The van der Waals surface area contributed by atoms with Gasteiger partial charge in [-0.25, -0.2) is 9.69 Å². The van der Waals surface area contributed by atoms with E-state index in [9.17, 15) is 9.59 Å². The zero-order chi connectivity index (χ0) is 18.5. The average Bonchev–Trinajstić information content (AvgIpc) is 2.85. The number of hydrogen-bond donors (Lipinski definition) is 1. The van der Waals surface area contributed by atoms with E-state index in [0.717, 1.165) is 11.1 Å². The summed E-state index contributed by atoms with van der Waals surface area (Å²) in [6.07, 6.45) is 4.41. The van der Waals surface area contributed by atoms with Crippen LogP contribution in [0.15, 0.2) is 42.7 Å². The van der Waals surface area contributed by atoms with Crippen molar-refractivity contribution in [3.8, 4) is 0 Å². The number of hydrogen-bond acceptors (Lipinski definition) is 3. The second-order valence-electron chi connectivity index (χ2n) is 7.37. The van der Waals surface area contributed by atoms with Crippen molar-refractivity contribution >= 4 is 29.2 Å². The first kappa shape index (κ1) is 17.0. The van der Waals surface area contributed by atoms with Gasteiger partial charge in [-0.15, -0.1) is 0 Å². The van der Waals surface area contributed by atoms with Crippen LogP contribution in [0.5, 0.6) is 0 Å². The van der Waals surface area contributed by atoms with E-state index in [0.29, 0.717) is 23.6 Å². The van der Waals surface area contributed by atoms with E-state index < -0.39 is 5.54 Å². The van der Waals surface area contributed by atoms with Gasteiger partial charge in [0, 0.05) is 11.2 Å². The predicted molar refractivity (Wildman–Crippen MR) is 101 cm³/mol. The lowest BCUT2D eigenvalue weighted by Gasteiger charge is -2.43. The molecule has 1 aliphatic heterocycles. The highest BCUT2D eigenvalue weighted by Gasteiger charge is 2.59. The lowest BCUT2D eigenvalue weighted by molar-refractivity contribution is -0.125. The molecule has 0 radical (unpaired) electrons. The molecule has 1 aromatic carbocycles. The normalized spacial score (nSPS) is 24.9. The summed E-state index contributed by atoms with van der Waals surface area (Å²) in [5, 5.41) is 3.62. The molecule has 1 spiro atoms. The van der Waals surface area contributed by atoms with Gasteiger partial charge >= 0.3 is 6.03 Å². The molecule has 0 unspecified atom stereocenters. The minimum absolute atomic E-state index is 0.173. The number of anilines is 1. The quantitative estimate of drug-likeness (QED) is 0.823. The molecule has 5 nitrogen and oxygen atoms in total. The summed E-state index contributed by atoms with van der Waals surface area (Å²) in [5.74, 6) is 0.162. The Morgan fingerprint density at radius 3 is 2.65 bits per heavy atom. The lowest BCUT2D eigenvalue weighted by Crippen LogP contribution is -2.56. The van der Waals surface area contributed by atoms with Crippen LogP contribution >= 0.6 is 11.6 Å². The standard InChI is InChI=1S/C20H20ClN3O2/c1-12(2)14-7-8-22-11-17(14)24-18(25)20(23-19(24)26)9-13(10-20)15-5-3-4-6-16(15)21/h3-8,11-13H,9-10H2,1-2H3,(H,23,26). The van der Waals surface area contributed by atoms with Crippen molar-refractivity contribution in [3.05, 3.63) is 58.9 Å². The minimum Gasteiger partial charge on any atom is -0.323 e. The van der Waals surface area contributed by atoms with Gasteiger partial charge in [-0.05, 0) is 47.9 Å². The van der Waals surface area contributed by atoms with Crippen molar-refractivity contribution in [3.63, 3.8) is 0 Å². The van der Waals surface area contributed by atoms with Crippen LogP contribution in [0.25, 0.3) is 0 Å². The summed E-state index contributed by atoms with van der Waals surface area (Å²) in [6, 6.07) is 9.16. The van der Waals surface area contributed by atoms with Crippen LogP contribution in [-0.2, 0) is 4.79 Å². The monoisotopic (exact) mass is 369 g/mol. The largest absolute Gasteiger partial charge is 0.329 e. The van der Waals surface area contributed by atoms with Crippen LogP contribution in [0.3, 0.4) is 0 Å². The second kappa shape index (κ2) is 6.09. The highest BCUT2D eigenvalue weighted by atomic mass is 35.5. The zero-order valence-electron chi connectivity index (χ0n) is 14.7. The van der Waals surface area contributed by atoms with Crippen molar-refractivity contribution in [2.24, 2.45) is 0 Å². The van der Waals surface area contributed by atoms with Crippen LogP contribution in [0.4, 0.5) is 10.5 Å². The minimum atomic E-state index is -0.828. The van der Waals surface area contributed by atoms with E-state index in [2.05, 4.69) is 10.3 Å². The van der Waals surface area contributed by atoms with Gasteiger partial charge in [-0.3, -0.25) is 9.78 Å². The maximum absolute atomic E-state index is 13.1.